The van der Waals surface area contributed by atoms with E-state index in [2.05, 4.69) is 15.9 Å². The minimum atomic E-state index is 0.726. The number of hydrogen-bond acceptors (Lipinski definition) is 2. The van der Waals surface area contributed by atoms with E-state index in [4.69, 9.17) is 10.1 Å². The summed E-state index contributed by atoms with van der Waals surface area (Å²) in [6.07, 6.45) is 4.32. The Morgan fingerprint density at radius 1 is 1.36 bits per heavy atom. The van der Waals surface area contributed by atoms with Crippen molar-refractivity contribution in [1.82, 2.24) is 0 Å². The molecule has 2 nitrogen and oxygen atoms in total. The Morgan fingerprint density at radius 3 is 2.93 bits per heavy atom. The van der Waals surface area contributed by atoms with E-state index in [1.165, 1.54) is 6.21 Å². The SMILES string of the molecule is N=CCCCCOc1cccc(Br)c1. The van der Waals surface area contributed by atoms with Crippen LogP contribution in [0.3, 0.4) is 0 Å². The van der Waals surface area contributed by atoms with Crippen LogP contribution in [0, 0.1) is 5.41 Å². The maximum Gasteiger partial charge on any atom is 0.120 e. The number of halogens is 1. The lowest BCUT2D eigenvalue weighted by molar-refractivity contribution is 0.308. The summed E-state index contributed by atoms with van der Waals surface area (Å²) >= 11 is 3.39. The van der Waals surface area contributed by atoms with Crippen LogP contribution in [0.4, 0.5) is 0 Å². The average molecular weight is 256 g/mol. The molecular formula is C11H14BrNO. The minimum absolute atomic E-state index is 0.726. The van der Waals surface area contributed by atoms with Crippen LogP contribution in [-0.2, 0) is 0 Å². The van der Waals surface area contributed by atoms with Gasteiger partial charge >= 0.3 is 0 Å². The van der Waals surface area contributed by atoms with Crippen molar-refractivity contribution in [1.29, 1.82) is 5.41 Å². The summed E-state index contributed by atoms with van der Waals surface area (Å²) in [6.45, 7) is 0.726. The van der Waals surface area contributed by atoms with Gasteiger partial charge in [-0.15, -0.1) is 0 Å². The van der Waals surface area contributed by atoms with E-state index in [-0.39, 0.29) is 0 Å². The van der Waals surface area contributed by atoms with Crippen LogP contribution in [0.2, 0.25) is 0 Å². The van der Waals surface area contributed by atoms with Crippen LogP contribution in [0.5, 0.6) is 5.75 Å². The summed E-state index contributed by atoms with van der Waals surface area (Å²) < 4.78 is 6.56. The molecule has 0 unspecified atom stereocenters. The monoisotopic (exact) mass is 255 g/mol. The van der Waals surface area contributed by atoms with Gasteiger partial charge in [0.2, 0.25) is 0 Å². The molecule has 0 saturated heterocycles. The molecule has 0 aliphatic rings. The third-order valence-corrected chi connectivity index (χ3v) is 2.30. The Bertz CT molecular complexity index is 288. The second-order valence-electron chi connectivity index (χ2n) is 3.01. The summed E-state index contributed by atoms with van der Waals surface area (Å²) in [5.41, 5.74) is 0. The molecule has 0 amide bonds. The summed E-state index contributed by atoms with van der Waals surface area (Å²) in [7, 11) is 0. The standard InChI is InChI=1S/C11H14BrNO/c12-10-5-4-6-11(9-10)14-8-3-1-2-7-13/h4-7,9,13H,1-3,8H2. The predicted molar refractivity (Wildman–Crippen MR) is 62.3 cm³/mol. The molecule has 0 fully saturated rings. The van der Waals surface area contributed by atoms with Gasteiger partial charge in [-0.2, -0.15) is 0 Å². The lowest BCUT2D eigenvalue weighted by atomic mass is 10.2. The van der Waals surface area contributed by atoms with Gasteiger partial charge in [0.25, 0.3) is 0 Å². The van der Waals surface area contributed by atoms with Crippen LogP contribution < -0.4 is 4.74 Å². The Hall–Kier alpha value is -0.830. The van der Waals surface area contributed by atoms with E-state index in [1.807, 2.05) is 24.3 Å². The van der Waals surface area contributed by atoms with Crippen LogP contribution in [0.15, 0.2) is 28.7 Å². The molecule has 3 heteroatoms. The number of ether oxygens (including phenoxy) is 1. The largest absolute Gasteiger partial charge is 0.494 e. The van der Waals surface area contributed by atoms with Crippen molar-refractivity contribution in [2.75, 3.05) is 6.61 Å². The Labute approximate surface area is 92.9 Å². The molecule has 0 aromatic heterocycles. The first-order valence-corrected chi connectivity index (χ1v) is 5.49. The number of benzene rings is 1. The van der Waals surface area contributed by atoms with Gasteiger partial charge in [0.05, 0.1) is 6.61 Å². The third-order valence-electron chi connectivity index (χ3n) is 1.81. The first-order valence-electron chi connectivity index (χ1n) is 4.70. The Kier molecular flexibility index (Phi) is 5.30. The molecule has 1 rings (SSSR count). The van der Waals surface area contributed by atoms with Gasteiger partial charge < -0.3 is 10.1 Å². The summed E-state index contributed by atoms with van der Waals surface area (Å²) in [6, 6.07) is 7.83. The fourth-order valence-electron chi connectivity index (χ4n) is 1.10. The molecule has 14 heavy (non-hydrogen) atoms. The highest BCUT2D eigenvalue weighted by Gasteiger charge is 1.93. The van der Waals surface area contributed by atoms with Gasteiger partial charge in [-0.25, -0.2) is 0 Å². The zero-order valence-electron chi connectivity index (χ0n) is 8.00. The fourth-order valence-corrected chi connectivity index (χ4v) is 1.47. The Balaban J connectivity index is 2.21. The molecule has 0 radical (unpaired) electrons. The highest BCUT2D eigenvalue weighted by Crippen LogP contribution is 2.17. The van der Waals surface area contributed by atoms with E-state index >= 15 is 0 Å². The van der Waals surface area contributed by atoms with E-state index in [9.17, 15) is 0 Å². The molecule has 0 spiro atoms. The van der Waals surface area contributed by atoms with Gasteiger partial charge in [0.1, 0.15) is 5.75 Å². The van der Waals surface area contributed by atoms with Crippen molar-refractivity contribution in [2.24, 2.45) is 0 Å². The first-order chi connectivity index (χ1) is 6.83. The number of hydrogen-bond donors (Lipinski definition) is 1. The van der Waals surface area contributed by atoms with Crippen molar-refractivity contribution >= 4 is 22.1 Å². The molecule has 1 aromatic carbocycles. The second-order valence-corrected chi connectivity index (χ2v) is 3.92. The first kappa shape index (κ1) is 11.2. The molecule has 0 aliphatic heterocycles. The van der Waals surface area contributed by atoms with Crippen LogP contribution in [0.1, 0.15) is 19.3 Å². The lowest BCUT2D eigenvalue weighted by Gasteiger charge is -2.05. The number of nitrogens with one attached hydrogen (secondary N) is 1. The zero-order valence-corrected chi connectivity index (χ0v) is 9.59. The molecule has 0 saturated carbocycles. The molecular weight excluding hydrogens is 242 g/mol. The molecule has 0 heterocycles. The zero-order chi connectivity index (χ0) is 10.2. The van der Waals surface area contributed by atoms with E-state index in [0.717, 1.165) is 36.1 Å². The van der Waals surface area contributed by atoms with Gasteiger partial charge in [-0.05, 0) is 43.7 Å². The molecule has 0 bridgehead atoms. The van der Waals surface area contributed by atoms with Gasteiger partial charge in [0.15, 0.2) is 0 Å². The van der Waals surface area contributed by atoms with Crippen molar-refractivity contribution in [3.8, 4) is 5.75 Å². The van der Waals surface area contributed by atoms with Crippen LogP contribution in [0.25, 0.3) is 0 Å². The fraction of sp³-hybridized carbons (Fsp3) is 0.364. The number of unbranched alkanes of at least 4 members (excludes halogenated alkanes) is 2. The minimum Gasteiger partial charge on any atom is -0.494 e. The van der Waals surface area contributed by atoms with Gasteiger partial charge in [-0.1, -0.05) is 22.0 Å². The summed E-state index contributed by atoms with van der Waals surface area (Å²) in [5, 5.41) is 6.86. The van der Waals surface area contributed by atoms with E-state index < -0.39 is 0 Å². The molecule has 1 aromatic rings. The topological polar surface area (TPSA) is 33.1 Å². The van der Waals surface area contributed by atoms with Crippen molar-refractivity contribution < 1.29 is 4.74 Å². The van der Waals surface area contributed by atoms with Crippen molar-refractivity contribution in [3.05, 3.63) is 28.7 Å². The lowest BCUT2D eigenvalue weighted by Crippen LogP contribution is -1.97. The quantitative estimate of drug-likeness (QED) is 0.611. The number of rotatable bonds is 6. The van der Waals surface area contributed by atoms with Gasteiger partial charge in [0, 0.05) is 4.47 Å². The van der Waals surface area contributed by atoms with Crippen LogP contribution >= 0.6 is 15.9 Å². The average Bonchev–Trinajstić information content (AvgIpc) is 2.18. The van der Waals surface area contributed by atoms with E-state index in [1.54, 1.807) is 0 Å². The Morgan fingerprint density at radius 2 is 2.21 bits per heavy atom. The normalized spacial score (nSPS) is 9.79. The smallest absolute Gasteiger partial charge is 0.120 e. The third kappa shape index (κ3) is 4.42. The summed E-state index contributed by atoms with van der Waals surface area (Å²) in [5.74, 6) is 0.897. The highest BCUT2D eigenvalue weighted by atomic mass is 79.9. The molecule has 0 atom stereocenters. The van der Waals surface area contributed by atoms with Gasteiger partial charge in [-0.3, -0.25) is 0 Å². The highest BCUT2D eigenvalue weighted by molar-refractivity contribution is 9.10. The van der Waals surface area contributed by atoms with Crippen molar-refractivity contribution in [3.63, 3.8) is 0 Å². The molecule has 0 aliphatic carbocycles. The predicted octanol–water partition coefficient (Wildman–Crippen LogP) is 3.65. The van der Waals surface area contributed by atoms with E-state index in [0.29, 0.717) is 0 Å². The second kappa shape index (κ2) is 6.60. The van der Waals surface area contributed by atoms with Crippen molar-refractivity contribution in [2.45, 2.75) is 19.3 Å². The molecule has 76 valence electrons. The van der Waals surface area contributed by atoms with Crippen LogP contribution in [-0.4, -0.2) is 12.8 Å². The molecule has 1 N–H and O–H groups in total. The maximum absolute atomic E-state index is 6.86. The summed E-state index contributed by atoms with van der Waals surface area (Å²) in [4.78, 5) is 0. The maximum atomic E-state index is 6.86.